The highest BCUT2D eigenvalue weighted by Crippen LogP contribution is 2.31. The van der Waals surface area contributed by atoms with Gasteiger partial charge in [-0.3, -0.25) is 0 Å². The number of hydrogen-bond acceptors (Lipinski definition) is 1. The van der Waals surface area contributed by atoms with E-state index in [4.69, 9.17) is 0 Å². The largest absolute Gasteiger partial charge is 0.389 e. The summed E-state index contributed by atoms with van der Waals surface area (Å²) in [6.45, 7) is 10.9. The first-order chi connectivity index (χ1) is 8.95. The van der Waals surface area contributed by atoms with Crippen LogP contribution in [-0.4, -0.2) is 10.7 Å². The lowest BCUT2D eigenvalue weighted by Gasteiger charge is -2.36. The van der Waals surface area contributed by atoms with Crippen molar-refractivity contribution in [3.63, 3.8) is 0 Å². The van der Waals surface area contributed by atoms with Gasteiger partial charge in [0.15, 0.2) is 0 Å². The molecule has 0 aromatic carbocycles. The van der Waals surface area contributed by atoms with E-state index in [2.05, 4.69) is 34.6 Å². The molecule has 0 spiro atoms. The molecule has 0 fully saturated rings. The Morgan fingerprint density at radius 2 is 1.05 bits per heavy atom. The molecule has 0 amide bonds. The van der Waals surface area contributed by atoms with E-state index >= 15 is 0 Å². The minimum Gasteiger partial charge on any atom is -0.389 e. The molecule has 0 radical (unpaired) electrons. The van der Waals surface area contributed by atoms with Crippen molar-refractivity contribution >= 4 is 0 Å². The third kappa shape index (κ3) is 7.97. The fraction of sp³-hybridized carbons (Fsp3) is 1.00. The van der Waals surface area contributed by atoms with Crippen LogP contribution >= 0.6 is 0 Å². The Kier molecular flexibility index (Phi) is 10.7. The SMILES string of the molecule is CCCCCCCCCCCC(O)(C(C)C)C(C)C. The summed E-state index contributed by atoms with van der Waals surface area (Å²) in [5, 5.41) is 10.7. The van der Waals surface area contributed by atoms with E-state index in [1.54, 1.807) is 0 Å². The molecule has 0 aliphatic heterocycles. The fourth-order valence-corrected chi connectivity index (χ4v) is 2.96. The van der Waals surface area contributed by atoms with Crippen LogP contribution in [0.4, 0.5) is 0 Å². The topological polar surface area (TPSA) is 20.2 Å². The molecule has 1 N–H and O–H groups in total. The lowest BCUT2D eigenvalue weighted by atomic mass is 9.77. The zero-order valence-corrected chi connectivity index (χ0v) is 14.2. The second kappa shape index (κ2) is 10.7. The monoisotopic (exact) mass is 270 g/mol. The molecule has 0 aromatic heterocycles. The van der Waals surface area contributed by atoms with Gasteiger partial charge in [0.2, 0.25) is 0 Å². The van der Waals surface area contributed by atoms with Gasteiger partial charge in [-0.15, -0.1) is 0 Å². The summed E-state index contributed by atoms with van der Waals surface area (Å²) >= 11 is 0. The predicted octanol–water partition coefficient (Wildman–Crippen LogP) is 5.95. The van der Waals surface area contributed by atoms with Gasteiger partial charge in [-0.25, -0.2) is 0 Å². The van der Waals surface area contributed by atoms with E-state index in [1.807, 2.05) is 0 Å². The van der Waals surface area contributed by atoms with E-state index < -0.39 is 5.60 Å². The Bertz CT molecular complexity index is 188. The molecule has 1 nitrogen and oxygen atoms in total. The summed E-state index contributed by atoms with van der Waals surface area (Å²) in [5.41, 5.74) is -0.457. The average molecular weight is 271 g/mol. The second-order valence-corrected chi connectivity index (χ2v) is 6.88. The van der Waals surface area contributed by atoms with Crippen LogP contribution in [0.5, 0.6) is 0 Å². The normalized spacial score (nSPS) is 12.6. The smallest absolute Gasteiger partial charge is 0.0693 e. The minimum atomic E-state index is -0.457. The van der Waals surface area contributed by atoms with Crippen LogP contribution in [0.2, 0.25) is 0 Å². The summed E-state index contributed by atoms with van der Waals surface area (Å²) in [6.07, 6.45) is 13.1. The Labute approximate surface area is 122 Å². The standard InChI is InChI=1S/C18H38O/c1-6-7-8-9-10-11-12-13-14-15-18(19,16(2)3)17(4)5/h16-17,19H,6-15H2,1-5H3. The predicted molar refractivity (Wildman–Crippen MR) is 86.5 cm³/mol. The highest BCUT2D eigenvalue weighted by molar-refractivity contribution is 4.84. The summed E-state index contributed by atoms with van der Waals surface area (Å²) < 4.78 is 0. The van der Waals surface area contributed by atoms with Crippen molar-refractivity contribution < 1.29 is 5.11 Å². The third-order valence-corrected chi connectivity index (χ3v) is 4.68. The van der Waals surface area contributed by atoms with E-state index in [-0.39, 0.29) is 0 Å². The molecule has 19 heavy (non-hydrogen) atoms. The van der Waals surface area contributed by atoms with E-state index in [9.17, 15) is 5.11 Å². The molecule has 0 aliphatic carbocycles. The van der Waals surface area contributed by atoms with E-state index in [0.29, 0.717) is 11.8 Å². The molecule has 0 aliphatic rings. The molecule has 1 heteroatoms. The summed E-state index contributed by atoms with van der Waals surface area (Å²) in [5.74, 6) is 0.725. The van der Waals surface area contributed by atoms with Crippen molar-refractivity contribution in [3.8, 4) is 0 Å². The van der Waals surface area contributed by atoms with Crippen LogP contribution in [0, 0.1) is 11.8 Å². The number of hydrogen-bond donors (Lipinski definition) is 1. The Morgan fingerprint density at radius 3 is 1.42 bits per heavy atom. The second-order valence-electron chi connectivity index (χ2n) is 6.88. The molecular formula is C18H38O. The van der Waals surface area contributed by atoms with Crippen molar-refractivity contribution in [3.05, 3.63) is 0 Å². The first kappa shape index (κ1) is 19.0. The van der Waals surface area contributed by atoms with Crippen LogP contribution in [0.1, 0.15) is 98.8 Å². The maximum Gasteiger partial charge on any atom is 0.0693 e. The average Bonchev–Trinajstić information content (AvgIpc) is 2.36. The Morgan fingerprint density at radius 1 is 0.684 bits per heavy atom. The first-order valence-corrected chi connectivity index (χ1v) is 8.67. The molecule has 116 valence electrons. The number of unbranched alkanes of at least 4 members (excludes halogenated alkanes) is 8. The fourth-order valence-electron chi connectivity index (χ4n) is 2.96. The molecule has 0 aromatic rings. The molecule has 0 heterocycles. The van der Waals surface area contributed by atoms with Gasteiger partial charge in [-0.05, 0) is 18.3 Å². The van der Waals surface area contributed by atoms with Gasteiger partial charge >= 0.3 is 0 Å². The Hall–Kier alpha value is -0.0400. The van der Waals surface area contributed by atoms with Gasteiger partial charge < -0.3 is 5.11 Å². The molecule has 0 atom stereocenters. The molecule has 0 saturated heterocycles. The van der Waals surface area contributed by atoms with Crippen molar-refractivity contribution in [1.82, 2.24) is 0 Å². The van der Waals surface area contributed by atoms with Gasteiger partial charge in [0.05, 0.1) is 5.60 Å². The van der Waals surface area contributed by atoms with Crippen LogP contribution in [0.25, 0.3) is 0 Å². The first-order valence-electron chi connectivity index (χ1n) is 8.67. The van der Waals surface area contributed by atoms with Crippen molar-refractivity contribution in [2.45, 2.75) is 104 Å². The quantitative estimate of drug-likeness (QED) is 0.434. The molecule has 0 unspecified atom stereocenters. The summed E-state index contributed by atoms with van der Waals surface area (Å²) in [7, 11) is 0. The van der Waals surface area contributed by atoms with Gasteiger partial charge in [0, 0.05) is 0 Å². The van der Waals surface area contributed by atoms with Gasteiger partial charge in [-0.2, -0.15) is 0 Å². The maximum atomic E-state index is 10.7. The highest BCUT2D eigenvalue weighted by Gasteiger charge is 2.33. The van der Waals surface area contributed by atoms with Crippen molar-refractivity contribution in [2.75, 3.05) is 0 Å². The summed E-state index contributed by atoms with van der Waals surface area (Å²) in [6, 6.07) is 0. The van der Waals surface area contributed by atoms with Crippen LogP contribution in [0.15, 0.2) is 0 Å². The molecule has 0 saturated carbocycles. The molecular weight excluding hydrogens is 232 g/mol. The molecule has 0 rings (SSSR count). The number of aliphatic hydroxyl groups is 1. The van der Waals surface area contributed by atoms with Crippen LogP contribution in [0.3, 0.4) is 0 Å². The van der Waals surface area contributed by atoms with E-state index in [0.717, 1.165) is 6.42 Å². The number of rotatable bonds is 12. The lowest BCUT2D eigenvalue weighted by molar-refractivity contribution is -0.0555. The zero-order chi connectivity index (χ0) is 14.7. The lowest BCUT2D eigenvalue weighted by Crippen LogP contribution is -2.40. The van der Waals surface area contributed by atoms with E-state index in [1.165, 1.54) is 57.8 Å². The van der Waals surface area contributed by atoms with Crippen LogP contribution < -0.4 is 0 Å². The van der Waals surface area contributed by atoms with Crippen LogP contribution in [-0.2, 0) is 0 Å². The Balaban J connectivity index is 3.57. The summed E-state index contributed by atoms with van der Waals surface area (Å²) in [4.78, 5) is 0. The third-order valence-electron chi connectivity index (χ3n) is 4.68. The van der Waals surface area contributed by atoms with Gasteiger partial charge in [-0.1, -0.05) is 92.4 Å². The minimum absolute atomic E-state index is 0.363. The maximum absolute atomic E-state index is 10.7. The highest BCUT2D eigenvalue weighted by atomic mass is 16.3. The van der Waals surface area contributed by atoms with Crippen molar-refractivity contribution in [2.24, 2.45) is 11.8 Å². The zero-order valence-electron chi connectivity index (χ0n) is 14.2. The van der Waals surface area contributed by atoms with Gasteiger partial charge in [0.1, 0.15) is 0 Å². The van der Waals surface area contributed by atoms with Crippen molar-refractivity contribution in [1.29, 1.82) is 0 Å². The molecule has 0 bridgehead atoms. The van der Waals surface area contributed by atoms with Gasteiger partial charge in [0.25, 0.3) is 0 Å².